The SMILES string of the molecule is CCOP(=O)(CN)CN. The first-order valence-corrected chi connectivity index (χ1v) is 4.81. The minimum atomic E-state index is -2.63. The van der Waals surface area contributed by atoms with Gasteiger partial charge in [0.1, 0.15) is 0 Å². The van der Waals surface area contributed by atoms with Gasteiger partial charge in [-0.25, -0.2) is 0 Å². The third-order valence-corrected chi connectivity index (χ3v) is 2.76. The average Bonchev–Trinajstić information content (AvgIpc) is 1.89. The van der Waals surface area contributed by atoms with E-state index in [2.05, 4.69) is 0 Å². The Kier molecular flexibility index (Phi) is 4.06. The second kappa shape index (κ2) is 4.01. The van der Waals surface area contributed by atoms with Gasteiger partial charge in [0.15, 0.2) is 0 Å². The molecule has 0 atom stereocenters. The zero-order valence-corrected chi connectivity index (χ0v) is 6.43. The summed E-state index contributed by atoms with van der Waals surface area (Å²) in [5.41, 5.74) is 10.3. The third-order valence-electron chi connectivity index (χ3n) is 0.921. The van der Waals surface area contributed by atoms with Crippen LogP contribution in [0.5, 0.6) is 0 Å². The van der Waals surface area contributed by atoms with Crippen molar-refractivity contribution in [2.24, 2.45) is 11.5 Å². The standard InChI is InChI=1S/C4H13N2O2P/c1-2-8-9(7,3-5)4-6/h2-6H2,1H3. The highest BCUT2D eigenvalue weighted by atomic mass is 31.2. The second-order valence-corrected chi connectivity index (χ2v) is 4.22. The Balaban J connectivity index is 3.78. The van der Waals surface area contributed by atoms with Crippen molar-refractivity contribution in [3.8, 4) is 0 Å². The molecule has 4 N–H and O–H groups in total. The highest BCUT2D eigenvalue weighted by Gasteiger charge is 2.16. The number of nitrogens with two attached hydrogens (primary N) is 2. The van der Waals surface area contributed by atoms with Crippen molar-refractivity contribution in [1.82, 2.24) is 0 Å². The molecule has 56 valence electrons. The molecule has 0 unspecified atom stereocenters. The van der Waals surface area contributed by atoms with Gasteiger partial charge in [0.2, 0.25) is 7.37 Å². The minimum absolute atomic E-state index is 0.0390. The van der Waals surface area contributed by atoms with E-state index in [1.165, 1.54) is 0 Å². The monoisotopic (exact) mass is 152 g/mol. The molecule has 0 amide bonds. The van der Waals surface area contributed by atoms with Crippen LogP contribution in [-0.4, -0.2) is 19.2 Å². The molecule has 0 aromatic heterocycles. The molecule has 0 radical (unpaired) electrons. The van der Waals surface area contributed by atoms with Gasteiger partial charge in [0, 0.05) is 0 Å². The van der Waals surface area contributed by atoms with E-state index in [9.17, 15) is 4.57 Å². The molecule has 0 aliphatic carbocycles. The maximum Gasteiger partial charge on any atom is 0.229 e. The van der Waals surface area contributed by atoms with Crippen LogP contribution < -0.4 is 11.5 Å². The van der Waals surface area contributed by atoms with Gasteiger partial charge >= 0.3 is 0 Å². The normalized spacial score (nSPS) is 11.9. The first kappa shape index (κ1) is 9.11. The molecule has 9 heavy (non-hydrogen) atoms. The van der Waals surface area contributed by atoms with Gasteiger partial charge in [0.05, 0.1) is 19.2 Å². The number of rotatable bonds is 4. The van der Waals surface area contributed by atoms with Crippen LogP contribution in [0.4, 0.5) is 0 Å². The Bertz CT molecular complexity index is 109. The van der Waals surface area contributed by atoms with Crippen LogP contribution in [0.25, 0.3) is 0 Å². The van der Waals surface area contributed by atoms with Crippen LogP contribution in [-0.2, 0) is 9.09 Å². The van der Waals surface area contributed by atoms with E-state index in [-0.39, 0.29) is 12.6 Å². The summed E-state index contributed by atoms with van der Waals surface area (Å²) in [6, 6.07) is 0. The molecule has 0 aromatic rings. The van der Waals surface area contributed by atoms with Crippen LogP contribution in [0.15, 0.2) is 0 Å². The van der Waals surface area contributed by atoms with Crippen molar-refractivity contribution in [3.05, 3.63) is 0 Å². The van der Waals surface area contributed by atoms with Crippen LogP contribution >= 0.6 is 7.37 Å². The number of hydrogen-bond acceptors (Lipinski definition) is 4. The summed E-state index contributed by atoms with van der Waals surface area (Å²) in [4.78, 5) is 0. The van der Waals surface area contributed by atoms with Crippen molar-refractivity contribution in [2.75, 3.05) is 19.2 Å². The molecule has 4 nitrogen and oxygen atoms in total. The third kappa shape index (κ3) is 2.96. The maximum atomic E-state index is 11.1. The first-order chi connectivity index (χ1) is 4.18. The molecule has 0 aliphatic rings. The molecule has 0 saturated heterocycles. The van der Waals surface area contributed by atoms with Crippen molar-refractivity contribution in [3.63, 3.8) is 0 Å². The smallest absolute Gasteiger partial charge is 0.229 e. The summed E-state index contributed by atoms with van der Waals surface area (Å²) in [5.74, 6) is 0. The van der Waals surface area contributed by atoms with Gasteiger partial charge in [-0.2, -0.15) is 0 Å². The maximum absolute atomic E-state index is 11.1. The summed E-state index contributed by atoms with van der Waals surface area (Å²) in [6.45, 7) is 2.17. The quantitative estimate of drug-likeness (QED) is 0.561. The zero-order chi connectivity index (χ0) is 7.33. The van der Waals surface area contributed by atoms with Crippen molar-refractivity contribution in [2.45, 2.75) is 6.92 Å². The van der Waals surface area contributed by atoms with E-state index in [0.717, 1.165) is 0 Å². The van der Waals surface area contributed by atoms with Crippen LogP contribution in [0, 0.1) is 0 Å². The lowest BCUT2D eigenvalue weighted by atomic mass is 10.9. The molecular weight excluding hydrogens is 139 g/mol. The van der Waals surface area contributed by atoms with Crippen LogP contribution in [0.2, 0.25) is 0 Å². The van der Waals surface area contributed by atoms with E-state index < -0.39 is 7.37 Å². The van der Waals surface area contributed by atoms with Crippen LogP contribution in [0.3, 0.4) is 0 Å². The summed E-state index contributed by atoms with van der Waals surface area (Å²) in [7, 11) is -2.63. The first-order valence-electron chi connectivity index (χ1n) is 2.81. The van der Waals surface area contributed by atoms with Gasteiger partial charge in [0.25, 0.3) is 0 Å². The summed E-state index contributed by atoms with van der Waals surface area (Å²) < 4.78 is 15.9. The predicted octanol–water partition coefficient (Wildman–Crippen LogP) is 0.133. The van der Waals surface area contributed by atoms with E-state index >= 15 is 0 Å². The fourth-order valence-corrected chi connectivity index (χ4v) is 1.25. The lowest BCUT2D eigenvalue weighted by molar-refractivity contribution is 0.333. The van der Waals surface area contributed by atoms with Crippen molar-refractivity contribution >= 4 is 7.37 Å². The van der Waals surface area contributed by atoms with E-state index in [0.29, 0.717) is 6.61 Å². The topological polar surface area (TPSA) is 78.3 Å². The Morgan fingerprint density at radius 1 is 1.44 bits per heavy atom. The summed E-state index contributed by atoms with van der Waals surface area (Å²) >= 11 is 0. The lowest BCUT2D eigenvalue weighted by Crippen LogP contribution is -2.12. The highest BCUT2D eigenvalue weighted by molar-refractivity contribution is 7.58. The molecule has 0 fully saturated rings. The van der Waals surface area contributed by atoms with Gasteiger partial charge in [-0.1, -0.05) is 0 Å². The Hall–Kier alpha value is 0.110. The van der Waals surface area contributed by atoms with Crippen molar-refractivity contribution < 1.29 is 9.09 Å². The molecule has 0 rings (SSSR count). The summed E-state index contributed by atoms with van der Waals surface area (Å²) in [6.07, 6.45) is 0.0781. The molecule has 0 aliphatic heterocycles. The van der Waals surface area contributed by atoms with Gasteiger partial charge < -0.3 is 16.0 Å². The molecular formula is C4H13N2O2P. The van der Waals surface area contributed by atoms with Gasteiger partial charge in [-0.3, -0.25) is 4.57 Å². The molecule has 0 heterocycles. The Labute approximate surface area is 55.0 Å². The molecule has 0 spiro atoms. The number of hydrogen-bond donors (Lipinski definition) is 2. The molecule has 5 heteroatoms. The largest absolute Gasteiger partial charge is 0.327 e. The molecule has 0 bridgehead atoms. The lowest BCUT2D eigenvalue weighted by Gasteiger charge is -2.11. The molecule has 0 saturated carbocycles. The van der Waals surface area contributed by atoms with Gasteiger partial charge in [-0.15, -0.1) is 0 Å². The fraction of sp³-hybridized carbons (Fsp3) is 1.00. The highest BCUT2D eigenvalue weighted by Crippen LogP contribution is 2.42. The minimum Gasteiger partial charge on any atom is -0.327 e. The average molecular weight is 152 g/mol. The summed E-state index contributed by atoms with van der Waals surface area (Å²) in [5, 5.41) is 0. The predicted molar refractivity (Wildman–Crippen MR) is 37.3 cm³/mol. The Morgan fingerprint density at radius 2 is 1.89 bits per heavy atom. The van der Waals surface area contributed by atoms with E-state index in [1.54, 1.807) is 6.92 Å². The van der Waals surface area contributed by atoms with E-state index in [4.69, 9.17) is 16.0 Å². The zero-order valence-electron chi connectivity index (χ0n) is 5.54. The van der Waals surface area contributed by atoms with Gasteiger partial charge in [-0.05, 0) is 6.92 Å². The fourth-order valence-electron chi connectivity index (χ4n) is 0.415. The Morgan fingerprint density at radius 3 is 2.00 bits per heavy atom. The van der Waals surface area contributed by atoms with Crippen LogP contribution in [0.1, 0.15) is 6.92 Å². The van der Waals surface area contributed by atoms with Crippen molar-refractivity contribution in [1.29, 1.82) is 0 Å². The second-order valence-electron chi connectivity index (χ2n) is 1.60. The van der Waals surface area contributed by atoms with E-state index in [1.807, 2.05) is 0 Å². The molecule has 0 aromatic carbocycles.